The van der Waals surface area contributed by atoms with Crippen LogP contribution in [-0.4, -0.2) is 16.6 Å². The van der Waals surface area contributed by atoms with E-state index < -0.39 is 17.4 Å². The molecule has 0 unspecified atom stereocenters. The minimum Gasteiger partial charge on any atom is -0.456 e. The molecule has 2 rings (SSSR count). The van der Waals surface area contributed by atoms with Gasteiger partial charge in [-0.05, 0) is 45.0 Å². The van der Waals surface area contributed by atoms with Gasteiger partial charge < -0.3 is 4.74 Å². The highest BCUT2D eigenvalue weighted by Crippen LogP contribution is 2.20. The number of fused-ring (bicyclic) bond motifs is 1. The topological polar surface area (TPSA) is 39.2 Å². The van der Waals surface area contributed by atoms with Crippen LogP contribution in [0.25, 0.3) is 10.9 Å². The first-order valence-electron chi connectivity index (χ1n) is 5.64. The fraction of sp³-hybridized carbons (Fsp3) is 0.286. The Bertz CT molecular complexity index is 602. The lowest BCUT2D eigenvalue weighted by Crippen LogP contribution is -2.24. The molecule has 0 bridgehead atoms. The number of pyridine rings is 1. The second-order valence-electron chi connectivity index (χ2n) is 5.02. The highest BCUT2D eigenvalue weighted by molar-refractivity contribution is 6.03. The molecule has 0 N–H and O–H groups in total. The van der Waals surface area contributed by atoms with Gasteiger partial charge in [-0.25, -0.2) is 9.18 Å². The van der Waals surface area contributed by atoms with Crippen LogP contribution < -0.4 is 0 Å². The van der Waals surface area contributed by atoms with E-state index in [0.717, 1.165) is 0 Å². The van der Waals surface area contributed by atoms with E-state index in [4.69, 9.17) is 4.74 Å². The minimum absolute atomic E-state index is 0.328. The molecule has 0 saturated carbocycles. The van der Waals surface area contributed by atoms with E-state index in [0.29, 0.717) is 16.5 Å². The molecular formula is C14H14FNO2. The molecule has 1 aromatic carbocycles. The zero-order valence-corrected chi connectivity index (χ0v) is 10.5. The first-order chi connectivity index (χ1) is 8.37. The lowest BCUT2D eigenvalue weighted by atomic mass is 10.1. The number of nitrogens with zero attached hydrogens (tertiary/aromatic N) is 1. The summed E-state index contributed by atoms with van der Waals surface area (Å²) in [5.74, 6) is -0.874. The number of esters is 1. The number of rotatable bonds is 1. The zero-order chi connectivity index (χ0) is 13.3. The molecule has 0 fully saturated rings. The first-order valence-corrected chi connectivity index (χ1v) is 5.64. The minimum atomic E-state index is -0.583. The molecule has 0 aliphatic rings. The van der Waals surface area contributed by atoms with Crippen molar-refractivity contribution in [3.8, 4) is 0 Å². The van der Waals surface area contributed by atoms with E-state index >= 15 is 0 Å². The predicted octanol–water partition coefficient (Wildman–Crippen LogP) is 3.33. The summed E-state index contributed by atoms with van der Waals surface area (Å²) in [6, 6.07) is 5.68. The third-order valence-corrected chi connectivity index (χ3v) is 2.32. The Morgan fingerprint density at radius 2 is 2.00 bits per heavy atom. The van der Waals surface area contributed by atoms with Crippen molar-refractivity contribution < 1.29 is 13.9 Å². The van der Waals surface area contributed by atoms with Crippen LogP contribution in [0.5, 0.6) is 0 Å². The highest BCUT2D eigenvalue weighted by Gasteiger charge is 2.19. The maximum absolute atomic E-state index is 13.2. The number of carbonyl (C=O) groups is 1. The van der Waals surface area contributed by atoms with E-state index in [9.17, 15) is 9.18 Å². The second kappa shape index (κ2) is 4.37. The standard InChI is InChI=1S/C14H14FNO2/c1-14(2,3)18-13(17)10-6-7-16-12-5-4-9(15)8-11(10)12/h4-8H,1-3H3. The van der Waals surface area contributed by atoms with Crippen molar-refractivity contribution in [1.29, 1.82) is 0 Å². The van der Waals surface area contributed by atoms with Gasteiger partial charge in [0.25, 0.3) is 0 Å². The van der Waals surface area contributed by atoms with Gasteiger partial charge in [0.05, 0.1) is 11.1 Å². The Kier molecular flexibility index (Phi) is 3.03. The molecule has 1 aromatic heterocycles. The second-order valence-corrected chi connectivity index (χ2v) is 5.02. The molecule has 94 valence electrons. The molecule has 0 aliphatic carbocycles. The summed E-state index contributed by atoms with van der Waals surface area (Å²) < 4.78 is 18.5. The number of hydrogen-bond donors (Lipinski definition) is 0. The molecule has 1 heterocycles. The number of halogens is 1. The van der Waals surface area contributed by atoms with Gasteiger partial charge in [0.15, 0.2) is 0 Å². The van der Waals surface area contributed by atoms with Crippen molar-refractivity contribution in [2.24, 2.45) is 0 Å². The summed E-state index contributed by atoms with van der Waals surface area (Å²) in [5.41, 5.74) is 0.314. The molecule has 4 heteroatoms. The van der Waals surface area contributed by atoms with Crippen molar-refractivity contribution >= 4 is 16.9 Å². The van der Waals surface area contributed by atoms with Gasteiger partial charge >= 0.3 is 5.97 Å². The van der Waals surface area contributed by atoms with Gasteiger partial charge in [-0.1, -0.05) is 0 Å². The van der Waals surface area contributed by atoms with Crippen LogP contribution in [0, 0.1) is 5.82 Å². The lowest BCUT2D eigenvalue weighted by molar-refractivity contribution is 0.00718. The number of hydrogen-bond acceptors (Lipinski definition) is 3. The van der Waals surface area contributed by atoms with Crippen LogP contribution in [-0.2, 0) is 4.74 Å². The monoisotopic (exact) mass is 247 g/mol. The van der Waals surface area contributed by atoms with Crippen molar-refractivity contribution in [3.05, 3.63) is 41.8 Å². The quantitative estimate of drug-likeness (QED) is 0.725. The van der Waals surface area contributed by atoms with E-state index in [1.54, 1.807) is 26.8 Å². The average Bonchev–Trinajstić information content (AvgIpc) is 2.25. The summed E-state index contributed by atoms with van der Waals surface area (Å²) >= 11 is 0. The predicted molar refractivity (Wildman–Crippen MR) is 66.9 cm³/mol. The number of ether oxygens (including phenoxy) is 1. The molecule has 0 saturated heterocycles. The van der Waals surface area contributed by atoms with Crippen LogP contribution in [0.3, 0.4) is 0 Å². The number of benzene rings is 1. The third-order valence-electron chi connectivity index (χ3n) is 2.32. The van der Waals surface area contributed by atoms with E-state index in [1.165, 1.54) is 24.4 Å². The number of aromatic nitrogens is 1. The van der Waals surface area contributed by atoms with Gasteiger partial charge in [-0.3, -0.25) is 4.98 Å². The smallest absolute Gasteiger partial charge is 0.339 e. The van der Waals surface area contributed by atoms with Crippen LogP contribution >= 0.6 is 0 Å². The molecule has 3 nitrogen and oxygen atoms in total. The van der Waals surface area contributed by atoms with Crippen molar-refractivity contribution in [2.75, 3.05) is 0 Å². The van der Waals surface area contributed by atoms with Crippen molar-refractivity contribution in [3.63, 3.8) is 0 Å². The summed E-state index contributed by atoms with van der Waals surface area (Å²) in [6.45, 7) is 5.36. The fourth-order valence-corrected chi connectivity index (χ4v) is 1.63. The van der Waals surface area contributed by atoms with Gasteiger partial charge in [-0.2, -0.15) is 0 Å². The van der Waals surface area contributed by atoms with Gasteiger partial charge in [-0.15, -0.1) is 0 Å². The molecule has 2 aromatic rings. The Balaban J connectivity index is 2.51. The highest BCUT2D eigenvalue weighted by atomic mass is 19.1. The summed E-state index contributed by atoms with van der Waals surface area (Å²) in [6.07, 6.45) is 1.51. The molecule has 18 heavy (non-hydrogen) atoms. The summed E-state index contributed by atoms with van der Waals surface area (Å²) in [7, 11) is 0. The van der Waals surface area contributed by atoms with Crippen LogP contribution in [0.4, 0.5) is 4.39 Å². The molecule has 0 aliphatic heterocycles. The Labute approximate surface area is 105 Å². The zero-order valence-electron chi connectivity index (χ0n) is 10.5. The molecule has 0 atom stereocenters. The number of carbonyl (C=O) groups excluding carboxylic acids is 1. The van der Waals surface area contributed by atoms with Gasteiger partial charge in [0.2, 0.25) is 0 Å². The average molecular weight is 247 g/mol. The van der Waals surface area contributed by atoms with Crippen LogP contribution in [0.1, 0.15) is 31.1 Å². The fourth-order valence-electron chi connectivity index (χ4n) is 1.63. The third kappa shape index (κ3) is 2.64. The van der Waals surface area contributed by atoms with E-state index in [2.05, 4.69) is 4.98 Å². The molecule has 0 radical (unpaired) electrons. The summed E-state index contributed by atoms with van der Waals surface area (Å²) in [5, 5.41) is 0.465. The van der Waals surface area contributed by atoms with Crippen molar-refractivity contribution in [2.45, 2.75) is 26.4 Å². The van der Waals surface area contributed by atoms with E-state index in [-0.39, 0.29) is 0 Å². The molecular weight excluding hydrogens is 233 g/mol. The normalized spacial score (nSPS) is 11.6. The Morgan fingerprint density at radius 1 is 1.28 bits per heavy atom. The SMILES string of the molecule is CC(C)(C)OC(=O)c1ccnc2ccc(F)cc12. The maximum atomic E-state index is 13.2. The Morgan fingerprint density at radius 3 is 2.67 bits per heavy atom. The Hall–Kier alpha value is -1.97. The maximum Gasteiger partial charge on any atom is 0.339 e. The lowest BCUT2D eigenvalue weighted by Gasteiger charge is -2.19. The first kappa shape index (κ1) is 12.5. The largest absolute Gasteiger partial charge is 0.456 e. The van der Waals surface area contributed by atoms with Gasteiger partial charge in [0.1, 0.15) is 11.4 Å². The molecule has 0 amide bonds. The van der Waals surface area contributed by atoms with Crippen LogP contribution in [0.2, 0.25) is 0 Å². The van der Waals surface area contributed by atoms with E-state index in [1.807, 2.05) is 0 Å². The molecule has 0 spiro atoms. The summed E-state index contributed by atoms with van der Waals surface area (Å²) in [4.78, 5) is 16.1. The van der Waals surface area contributed by atoms with Gasteiger partial charge in [0, 0.05) is 11.6 Å². The van der Waals surface area contributed by atoms with Crippen molar-refractivity contribution in [1.82, 2.24) is 4.98 Å². The van der Waals surface area contributed by atoms with Crippen LogP contribution in [0.15, 0.2) is 30.5 Å².